The second-order valence-corrected chi connectivity index (χ2v) is 6.42. The lowest BCUT2D eigenvalue weighted by Gasteiger charge is -2.45. The van der Waals surface area contributed by atoms with E-state index in [4.69, 9.17) is 0 Å². The molecule has 1 N–H and O–H groups in total. The minimum atomic E-state index is 0.536. The Labute approximate surface area is 102 Å². The summed E-state index contributed by atoms with van der Waals surface area (Å²) in [5.41, 5.74) is 0.536. The molecule has 1 nitrogen and oxygen atoms in total. The van der Waals surface area contributed by atoms with Crippen molar-refractivity contribution in [1.29, 1.82) is 0 Å². The van der Waals surface area contributed by atoms with E-state index in [9.17, 15) is 0 Å². The molecule has 3 unspecified atom stereocenters. The molecule has 0 heterocycles. The van der Waals surface area contributed by atoms with Gasteiger partial charge >= 0.3 is 0 Å². The van der Waals surface area contributed by atoms with Crippen LogP contribution in [0.25, 0.3) is 0 Å². The molecule has 0 aromatic rings. The van der Waals surface area contributed by atoms with Crippen LogP contribution in [0.2, 0.25) is 0 Å². The van der Waals surface area contributed by atoms with Gasteiger partial charge < -0.3 is 5.32 Å². The molecule has 1 aliphatic rings. The van der Waals surface area contributed by atoms with Gasteiger partial charge in [0.2, 0.25) is 0 Å². The van der Waals surface area contributed by atoms with Crippen LogP contribution in [0.3, 0.4) is 0 Å². The van der Waals surface area contributed by atoms with Gasteiger partial charge in [-0.3, -0.25) is 0 Å². The molecule has 0 amide bonds. The Hall–Kier alpha value is -0.0400. The highest BCUT2D eigenvalue weighted by atomic mass is 14.9. The van der Waals surface area contributed by atoms with E-state index >= 15 is 0 Å². The first-order chi connectivity index (χ1) is 7.53. The van der Waals surface area contributed by atoms with Crippen molar-refractivity contribution in [3.8, 4) is 0 Å². The van der Waals surface area contributed by atoms with E-state index in [1.165, 1.54) is 38.5 Å². The number of rotatable bonds is 5. The highest BCUT2D eigenvalue weighted by Crippen LogP contribution is 2.44. The second kappa shape index (κ2) is 6.05. The lowest BCUT2D eigenvalue weighted by molar-refractivity contribution is 0.0778. The van der Waals surface area contributed by atoms with Gasteiger partial charge in [-0.15, -0.1) is 0 Å². The first kappa shape index (κ1) is 14.0. The van der Waals surface area contributed by atoms with E-state index in [-0.39, 0.29) is 0 Å². The van der Waals surface area contributed by atoms with Gasteiger partial charge in [-0.05, 0) is 43.6 Å². The molecule has 0 radical (unpaired) electrons. The molecule has 16 heavy (non-hydrogen) atoms. The van der Waals surface area contributed by atoms with Crippen molar-refractivity contribution >= 4 is 0 Å². The molecule has 0 aromatic heterocycles. The third kappa shape index (κ3) is 3.23. The van der Waals surface area contributed by atoms with Crippen molar-refractivity contribution < 1.29 is 0 Å². The number of hydrogen-bond acceptors (Lipinski definition) is 1. The van der Waals surface area contributed by atoms with E-state index in [1.54, 1.807) is 0 Å². The minimum absolute atomic E-state index is 0.536. The topological polar surface area (TPSA) is 12.0 Å². The van der Waals surface area contributed by atoms with Gasteiger partial charge in [0.1, 0.15) is 0 Å². The van der Waals surface area contributed by atoms with Crippen LogP contribution in [-0.2, 0) is 0 Å². The Morgan fingerprint density at radius 3 is 2.50 bits per heavy atom. The predicted molar refractivity (Wildman–Crippen MR) is 72.7 cm³/mol. The third-order valence-corrected chi connectivity index (χ3v) is 4.71. The Bertz CT molecular complexity index is 198. The van der Waals surface area contributed by atoms with Crippen molar-refractivity contribution in [2.45, 2.75) is 72.3 Å². The molecule has 0 spiro atoms. The Morgan fingerprint density at radius 1 is 1.31 bits per heavy atom. The summed E-state index contributed by atoms with van der Waals surface area (Å²) >= 11 is 0. The summed E-state index contributed by atoms with van der Waals surface area (Å²) in [5, 5.41) is 3.61. The molecular formula is C15H31N. The second-order valence-electron chi connectivity index (χ2n) is 6.42. The van der Waals surface area contributed by atoms with Gasteiger partial charge in [-0.1, -0.05) is 47.0 Å². The van der Waals surface area contributed by atoms with Crippen LogP contribution in [0.15, 0.2) is 0 Å². The molecule has 1 aliphatic carbocycles. The van der Waals surface area contributed by atoms with Crippen LogP contribution in [0.1, 0.15) is 66.2 Å². The molecule has 96 valence electrons. The summed E-state index contributed by atoms with van der Waals surface area (Å²) in [6, 6.07) is 0.718. The van der Waals surface area contributed by atoms with Crippen LogP contribution in [0.5, 0.6) is 0 Å². The van der Waals surface area contributed by atoms with E-state index in [1.807, 2.05) is 0 Å². The largest absolute Gasteiger partial charge is 0.316 e. The molecule has 0 aromatic carbocycles. The molecule has 0 aliphatic heterocycles. The lowest BCUT2D eigenvalue weighted by atomic mass is 9.63. The van der Waals surface area contributed by atoms with Crippen molar-refractivity contribution in [2.75, 3.05) is 7.05 Å². The maximum Gasteiger partial charge on any atom is 0.0123 e. The fraction of sp³-hybridized carbons (Fsp3) is 1.00. The van der Waals surface area contributed by atoms with Crippen LogP contribution >= 0.6 is 0 Å². The first-order valence-electron chi connectivity index (χ1n) is 7.20. The van der Waals surface area contributed by atoms with Gasteiger partial charge in [0.05, 0.1) is 0 Å². The zero-order chi connectivity index (χ0) is 12.2. The molecule has 0 saturated heterocycles. The number of hydrogen-bond donors (Lipinski definition) is 1. The minimum Gasteiger partial charge on any atom is -0.316 e. The SMILES string of the molecule is CCCC(C)C(NC)C1CCCCC1(C)C. The van der Waals surface area contributed by atoms with Crippen LogP contribution in [0, 0.1) is 17.3 Å². The van der Waals surface area contributed by atoms with Gasteiger partial charge in [0, 0.05) is 6.04 Å². The summed E-state index contributed by atoms with van der Waals surface area (Å²) in [4.78, 5) is 0. The summed E-state index contributed by atoms with van der Waals surface area (Å²) < 4.78 is 0. The highest BCUT2D eigenvalue weighted by Gasteiger charge is 2.38. The molecule has 1 heteroatoms. The maximum absolute atomic E-state index is 3.61. The maximum atomic E-state index is 3.61. The van der Waals surface area contributed by atoms with Gasteiger partial charge in [-0.25, -0.2) is 0 Å². The Kier molecular flexibility index (Phi) is 5.30. The monoisotopic (exact) mass is 225 g/mol. The molecule has 1 saturated carbocycles. The summed E-state index contributed by atoms with van der Waals surface area (Å²) in [6.07, 6.45) is 8.37. The highest BCUT2D eigenvalue weighted by molar-refractivity contribution is 4.91. The average molecular weight is 225 g/mol. The van der Waals surface area contributed by atoms with E-state index in [0.29, 0.717) is 5.41 Å². The molecule has 1 fully saturated rings. The first-order valence-corrected chi connectivity index (χ1v) is 7.20. The third-order valence-electron chi connectivity index (χ3n) is 4.71. The Morgan fingerprint density at radius 2 is 2.00 bits per heavy atom. The lowest BCUT2D eigenvalue weighted by Crippen LogP contribution is -2.47. The van der Waals surface area contributed by atoms with Gasteiger partial charge in [-0.2, -0.15) is 0 Å². The van der Waals surface area contributed by atoms with Crippen molar-refractivity contribution in [1.82, 2.24) is 5.32 Å². The van der Waals surface area contributed by atoms with Crippen molar-refractivity contribution in [3.63, 3.8) is 0 Å². The summed E-state index contributed by atoms with van der Waals surface area (Å²) in [6.45, 7) is 9.67. The number of nitrogens with one attached hydrogen (secondary N) is 1. The zero-order valence-corrected chi connectivity index (χ0v) is 12.0. The van der Waals surface area contributed by atoms with Crippen LogP contribution < -0.4 is 5.32 Å². The van der Waals surface area contributed by atoms with Gasteiger partial charge in [0.15, 0.2) is 0 Å². The molecule has 3 atom stereocenters. The molecular weight excluding hydrogens is 194 g/mol. The van der Waals surface area contributed by atoms with Crippen LogP contribution in [-0.4, -0.2) is 13.1 Å². The van der Waals surface area contributed by atoms with Crippen LogP contribution in [0.4, 0.5) is 0 Å². The van der Waals surface area contributed by atoms with Crippen molar-refractivity contribution in [2.24, 2.45) is 17.3 Å². The Balaban J connectivity index is 2.69. The van der Waals surface area contributed by atoms with E-state index in [2.05, 4.69) is 40.1 Å². The average Bonchev–Trinajstić information content (AvgIpc) is 2.21. The van der Waals surface area contributed by atoms with Gasteiger partial charge in [0.25, 0.3) is 0 Å². The van der Waals surface area contributed by atoms with E-state index in [0.717, 1.165) is 17.9 Å². The smallest absolute Gasteiger partial charge is 0.0123 e. The fourth-order valence-electron chi connectivity index (χ4n) is 3.70. The summed E-state index contributed by atoms with van der Waals surface area (Å²) in [7, 11) is 2.15. The molecule has 0 bridgehead atoms. The standard InChI is InChI=1S/C15H31N/c1-6-9-12(2)14(16-5)13-10-7-8-11-15(13,3)4/h12-14,16H,6-11H2,1-5H3. The quantitative estimate of drug-likeness (QED) is 0.738. The molecule has 1 rings (SSSR count). The van der Waals surface area contributed by atoms with E-state index < -0.39 is 0 Å². The summed E-state index contributed by atoms with van der Waals surface area (Å²) in [5.74, 6) is 1.69. The fourth-order valence-corrected chi connectivity index (χ4v) is 3.70. The predicted octanol–water partition coefficient (Wildman–Crippen LogP) is 4.23. The normalized spacial score (nSPS) is 28.7. The zero-order valence-electron chi connectivity index (χ0n) is 12.0. The van der Waals surface area contributed by atoms with Crippen molar-refractivity contribution in [3.05, 3.63) is 0 Å².